The Bertz CT molecular complexity index is 262. The first-order valence-corrected chi connectivity index (χ1v) is 6.28. The second-order valence-electron chi connectivity index (χ2n) is 3.96. The molecule has 1 heterocycles. The van der Waals surface area contributed by atoms with Gasteiger partial charge in [0.1, 0.15) is 0 Å². The molecule has 0 radical (unpaired) electrons. The molecule has 2 N–H and O–H groups in total. The van der Waals surface area contributed by atoms with E-state index in [2.05, 4.69) is 18.8 Å². The highest BCUT2D eigenvalue weighted by atomic mass is 32.1. The number of hydrogen-bond acceptors (Lipinski definition) is 4. The summed E-state index contributed by atoms with van der Waals surface area (Å²) in [5, 5.41) is 3.07. The van der Waals surface area contributed by atoms with Crippen LogP contribution in [0.3, 0.4) is 0 Å². The summed E-state index contributed by atoms with van der Waals surface area (Å²) in [6.45, 7) is 7.00. The Morgan fingerprint density at radius 2 is 2.27 bits per heavy atom. The Balaban J connectivity index is 2.52. The summed E-state index contributed by atoms with van der Waals surface area (Å²) < 4.78 is 5.67. The lowest BCUT2D eigenvalue weighted by molar-refractivity contribution is 0.0127. The SMILES string of the molecule is CCOC(C(C)C)C(N)Cc1nccs1. The molecule has 0 fully saturated rings. The number of nitrogens with zero attached hydrogens (tertiary/aromatic N) is 1. The molecule has 0 saturated heterocycles. The second kappa shape index (κ2) is 6.20. The number of hydrogen-bond donors (Lipinski definition) is 1. The fourth-order valence-electron chi connectivity index (χ4n) is 1.67. The van der Waals surface area contributed by atoms with E-state index >= 15 is 0 Å². The van der Waals surface area contributed by atoms with Crippen LogP contribution in [0.2, 0.25) is 0 Å². The molecule has 2 atom stereocenters. The Kier molecular flexibility index (Phi) is 5.22. The Morgan fingerprint density at radius 3 is 2.73 bits per heavy atom. The molecule has 0 saturated carbocycles. The van der Waals surface area contributed by atoms with Gasteiger partial charge in [0.25, 0.3) is 0 Å². The van der Waals surface area contributed by atoms with Crippen LogP contribution < -0.4 is 5.73 Å². The molecule has 0 spiro atoms. The van der Waals surface area contributed by atoms with Crippen molar-refractivity contribution in [3.05, 3.63) is 16.6 Å². The van der Waals surface area contributed by atoms with E-state index in [1.165, 1.54) is 0 Å². The highest BCUT2D eigenvalue weighted by Gasteiger charge is 2.22. The zero-order valence-corrected chi connectivity index (χ0v) is 10.5. The van der Waals surface area contributed by atoms with Gasteiger partial charge in [-0.25, -0.2) is 4.98 Å². The fourth-order valence-corrected chi connectivity index (χ4v) is 2.36. The van der Waals surface area contributed by atoms with Gasteiger partial charge in [0.05, 0.1) is 11.1 Å². The quantitative estimate of drug-likeness (QED) is 0.811. The summed E-state index contributed by atoms with van der Waals surface area (Å²) in [5.41, 5.74) is 6.14. The molecule has 0 aliphatic carbocycles. The number of rotatable bonds is 6. The number of nitrogens with two attached hydrogens (primary N) is 1. The highest BCUT2D eigenvalue weighted by molar-refractivity contribution is 7.09. The summed E-state index contributed by atoms with van der Waals surface area (Å²) >= 11 is 1.65. The lowest BCUT2D eigenvalue weighted by atomic mass is 9.98. The van der Waals surface area contributed by atoms with Gasteiger partial charge in [-0.3, -0.25) is 0 Å². The predicted octanol–water partition coefficient (Wildman–Crippen LogP) is 2.07. The molecule has 0 bridgehead atoms. The third-order valence-electron chi connectivity index (χ3n) is 2.33. The van der Waals surface area contributed by atoms with E-state index in [9.17, 15) is 0 Å². The van der Waals surface area contributed by atoms with Crippen molar-refractivity contribution in [2.75, 3.05) is 6.61 Å². The van der Waals surface area contributed by atoms with Gasteiger partial charge in [0, 0.05) is 30.6 Å². The summed E-state index contributed by atoms with van der Waals surface area (Å²) in [6.07, 6.45) is 2.75. The molecule has 1 aromatic heterocycles. The minimum Gasteiger partial charge on any atom is -0.377 e. The lowest BCUT2D eigenvalue weighted by Gasteiger charge is -2.26. The molecule has 4 heteroatoms. The first kappa shape index (κ1) is 12.6. The van der Waals surface area contributed by atoms with E-state index in [4.69, 9.17) is 10.5 Å². The van der Waals surface area contributed by atoms with E-state index in [0.717, 1.165) is 11.4 Å². The van der Waals surface area contributed by atoms with Crippen molar-refractivity contribution < 1.29 is 4.74 Å². The molecule has 0 aliphatic rings. The predicted molar refractivity (Wildman–Crippen MR) is 64.0 cm³/mol. The summed E-state index contributed by atoms with van der Waals surface area (Å²) in [7, 11) is 0. The van der Waals surface area contributed by atoms with Gasteiger partial charge in [-0.15, -0.1) is 11.3 Å². The van der Waals surface area contributed by atoms with Crippen LogP contribution in [-0.4, -0.2) is 23.7 Å². The van der Waals surface area contributed by atoms with Crippen LogP contribution in [0.25, 0.3) is 0 Å². The topological polar surface area (TPSA) is 48.1 Å². The van der Waals surface area contributed by atoms with Crippen molar-refractivity contribution >= 4 is 11.3 Å². The fraction of sp³-hybridized carbons (Fsp3) is 0.727. The number of thiazole rings is 1. The van der Waals surface area contributed by atoms with Crippen molar-refractivity contribution in [2.24, 2.45) is 11.7 Å². The molecule has 15 heavy (non-hydrogen) atoms. The number of ether oxygens (including phenoxy) is 1. The van der Waals surface area contributed by atoms with Gasteiger partial charge in [-0.05, 0) is 12.8 Å². The molecule has 1 rings (SSSR count). The monoisotopic (exact) mass is 228 g/mol. The summed E-state index contributed by atoms with van der Waals surface area (Å²) in [5.74, 6) is 0.444. The largest absolute Gasteiger partial charge is 0.377 e. The van der Waals surface area contributed by atoms with E-state index in [-0.39, 0.29) is 12.1 Å². The molecule has 0 amide bonds. The van der Waals surface area contributed by atoms with Crippen LogP contribution >= 0.6 is 11.3 Å². The smallest absolute Gasteiger partial charge is 0.0941 e. The van der Waals surface area contributed by atoms with Crippen LogP contribution in [0.15, 0.2) is 11.6 Å². The van der Waals surface area contributed by atoms with E-state index in [1.54, 1.807) is 11.3 Å². The maximum Gasteiger partial charge on any atom is 0.0941 e. The van der Waals surface area contributed by atoms with Crippen molar-refractivity contribution in [1.82, 2.24) is 4.98 Å². The van der Waals surface area contributed by atoms with E-state index in [0.29, 0.717) is 12.5 Å². The molecular weight excluding hydrogens is 208 g/mol. The average molecular weight is 228 g/mol. The van der Waals surface area contributed by atoms with Gasteiger partial charge in [-0.1, -0.05) is 13.8 Å². The molecule has 3 nitrogen and oxygen atoms in total. The second-order valence-corrected chi connectivity index (χ2v) is 4.94. The van der Waals surface area contributed by atoms with Crippen LogP contribution in [-0.2, 0) is 11.2 Å². The van der Waals surface area contributed by atoms with Gasteiger partial charge in [-0.2, -0.15) is 0 Å². The van der Waals surface area contributed by atoms with Gasteiger partial charge in [0.15, 0.2) is 0 Å². The molecule has 2 unspecified atom stereocenters. The Morgan fingerprint density at radius 1 is 1.53 bits per heavy atom. The zero-order valence-electron chi connectivity index (χ0n) is 9.64. The van der Waals surface area contributed by atoms with Crippen molar-refractivity contribution in [3.8, 4) is 0 Å². The maximum absolute atomic E-state index is 6.14. The van der Waals surface area contributed by atoms with Crippen molar-refractivity contribution in [1.29, 1.82) is 0 Å². The Labute approximate surface area is 95.7 Å². The third-order valence-corrected chi connectivity index (χ3v) is 3.13. The van der Waals surface area contributed by atoms with Crippen LogP contribution in [0.5, 0.6) is 0 Å². The van der Waals surface area contributed by atoms with Gasteiger partial charge < -0.3 is 10.5 Å². The number of aromatic nitrogens is 1. The Hall–Kier alpha value is -0.450. The minimum absolute atomic E-state index is 0.0381. The summed E-state index contributed by atoms with van der Waals surface area (Å²) in [4.78, 5) is 4.24. The average Bonchev–Trinajstić information content (AvgIpc) is 2.65. The van der Waals surface area contributed by atoms with E-state index in [1.807, 2.05) is 18.5 Å². The molecule has 0 aromatic carbocycles. The first-order valence-electron chi connectivity index (χ1n) is 5.40. The van der Waals surface area contributed by atoms with Crippen molar-refractivity contribution in [2.45, 2.75) is 39.3 Å². The van der Waals surface area contributed by atoms with Gasteiger partial charge >= 0.3 is 0 Å². The lowest BCUT2D eigenvalue weighted by Crippen LogP contribution is -2.42. The minimum atomic E-state index is 0.0381. The van der Waals surface area contributed by atoms with Gasteiger partial charge in [0.2, 0.25) is 0 Å². The highest BCUT2D eigenvalue weighted by Crippen LogP contribution is 2.15. The van der Waals surface area contributed by atoms with Crippen LogP contribution in [0.4, 0.5) is 0 Å². The van der Waals surface area contributed by atoms with Crippen LogP contribution in [0.1, 0.15) is 25.8 Å². The standard InChI is InChI=1S/C11H20N2OS/c1-4-14-11(8(2)3)9(12)7-10-13-5-6-15-10/h5-6,8-9,11H,4,7,12H2,1-3H3. The van der Waals surface area contributed by atoms with Crippen molar-refractivity contribution in [3.63, 3.8) is 0 Å². The summed E-state index contributed by atoms with van der Waals surface area (Å²) in [6, 6.07) is 0.0381. The first-order chi connectivity index (χ1) is 7.15. The zero-order chi connectivity index (χ0) is 11.3. The normalized spacial score (nSPS) is 15.5. The third kappa shape index (κ3) is 3.89. The molecule has 1 aromatic rings. The molecular formula is C11H20N2OS. The molecule has 86 valence electrons. The van der Waals surface area contributed by atoms with Crippen LogP contribution in [0, 0.1) is 5.92 Å². The maximum atomic E-state index is 6.14. The molecule has 0 aliphatic heterocycles. The van der Waals surface area contributed by atoms with E-state index < -0.39 is 0 Å².